The molecule has 4 atom stereocenters. The van der Waals surface area contributed by atoms with E-state index in [0.29, 0.717) is 149 Å². The van der Waals surface area contributed by atoms with Crippen molar-refractivity contribution in [1.29, 1.82) is 0 Å². The molecule has 0 aliphatic carbocycles. The molecular formula is C77H83Cl4F3N26O2S4. The van der Waals surface area contributed by atoms with E-state index in [1.165, 1.54) is 58.3 Å². The minimum absolute atomic E-state index is 0.0110. The fourth-order valence-electron chi connectivity index (χ4n) is 16.8. The van der Waals surface area contributed by atoms with Gasteiger partial charge in [-0.25, -0.2) is 59.2 Å². The number of aromatic nitrogens is 18. The Kier molecular flexibility index (Phi) is 23.4. The molecule has 0 saturated carbocycles. The first-order valence-electron chi connectivity index (χ1n) is 38.2. The summed E-state index contributed by atoms with van der Waals surface area (Å²) < 4.78 is 65.2. The van der Waals surface area contributed by atoms with E-state index in [0.717, 1.165) is 28.0 Å². The number of rotatable bonds is 25. The number of hydrogen-bond acceptors (Lipinski definition) is 30. The first kappa shape index (κ1) is 80.9. The van der Waals surface area contributed by atoms with Crippen LogP contribution in [-0.4, -0.2) is 168 Å². The normalized spacial score (nSPS) is 18.0. The van der Waals surface area contributed by atoms with Gasteiger partial charge in [-0.1, -0.05) is 82.8 Å². The van der Waals surface area contributed by atoms with Crippen LogP contribution in [0.3, 0.4) is 0 Å². The lowest BCUT2D eigenvalue weighted by atomic mass is 9.47. The van der Waals surface area contributed by atoms with Crippen molar-refractivity contribution in [3.05, 3.63) is 199 Å². The van der Waals surface area contributed by atoms with Crippen molar-refractivity contribution < 1.29 is 23.4 Å². The van der Waals surface area contributed by atoms with Crippen molar-refractivity contribution in [2.75, 3.05) is 89.1 Å². The molecule has 4 aliphatic rings. The Morgan fingerprint density at radius 1 is 0.474 bits per heavy atom. The van der Waals surface area contributed by atoms with Gasteiger partial charge in [0.15, 0.2) is 11.6 Å². The molecule has 8 N–H and O–H groups in total. The first-order chi connectivity index (χ1) is 55.8. The van der Waals surface area contributed by atoms with E-state index in [4.69, 9.17) is 113 Å². The standard InChI is InChI=1S/C77H83Cl4F3N26O2S4/c1-44-89-69(113-101-44)105-24-16-52(17-25-105)74(65-87-42-109(99-65)38-48-6-5-7-56(79)32-48,40-73(111,41-85)63-36-61(50-8-12-54(13-9-50)77(82,83)84)95-67(97-63)93-59-20-28-107(29-21-59)71-91-46(3)103-115-71)76(112,64-37-62(51-10-14-55(78)15-11-51)96-68(98-64)94-60-22-30-108(31-23-60)72-92-47(4)104-116-72)75(86,53-18-26-106(27-19-53)70-90-45(2)102-114-70)66-88-43-110(100-66)39-49-33-57(80)35-58(81)34-49/h5-15,32-37,42-43,52-53,59-60,111-112H,16-31,38-41,85-86H2,1-4H3,(H,93,95,97)(H,94,96,98). The molecule has 4 unspecified atom stereocenters. The third-order valence-electron chi connectivity index (χ3n) is 22.6. The minimum Gasteiger partial charge on any atom is -0.382 e. The number of halogens is 7. The lowest BCUT2D eigenvalue weighted by Gasteiger charge is -2.60. The van der Waals surface area contributed by atoms with E-state index in [9.17, 15) is 13.2 Å². The summed E-state index contributed by atoms with van der Waals surface area (Å²) in [4.78, 5) is 60.2. The third-order valence-corrected chi connectivity index (χ3v) is 27.0. The first-order valence-corrected chi connectivity index (χ1v) is 42.8. The van der Waals surface area contributed by atoms with E-state index in [-0.39, 0.29) is 97.0 Å². The molecule has 0 bridgehead atoms. The molecule has 116 heavy (non-hydrogen) atoms. The van der Waals surface area contributed by atoms with Crippen molar-refractivity contribution in [1.82, 2.24) is 86.9 Å². The smallest absolute Gasteiger partial charge is 0.382 e. The second kappa shape index (κ2) is 33.5. The van der Waals surface area contributed by atoms with E-state index in [1.807, 2.05) is 58.0 Å². The number of aliphatic hydroxyl groups is 2. The van der Waals surface area contributed by atoms with Crippen molar-refractivity contribution in [3.63, 3.8) is 0 Å². The number of aryl methyl sites for hydroxylation is 4. The molecule has 28 nitrogen and oxygen atoms in total. The largest absolute Gasteiger partial charge is 0.416 e. The predicted octanol–water partition coefficient (Wildman–Crippen LogP) is 13.4. The molecule has 606 valence electrons. The SMILES string of the molecule is Cc1nsc(N2CCC(Nc3nc(-c4ccc(C(F)(F)F)cc4)cc(C(O)(CN)CC(c4ncn(Cc5cccc(Cl)c5)n4)(C4CCN(c5nc(C)ns5)CC4)C(O)(c4cc(-c5ccc(Cl)cc5)nc(NC5CCN(c6nc(C)ns6)CC5)n4)C(N)(c4ncn(Cc5cc(Cl)cc(Cl)c5)n4)C4CCN(c5nc(C)ns5)CC4)n3)CC2)n1. The Balaban J connectivity index is 0.969. The summed E-state index contributed by atoms with van der Waals surface area (Å²) in [6, 6.07) is 27.2. The monoisotopic (exact) mass is 1730 g/mol. The van der Waals surface area contributed by atoms with Crippen LogP contribution in [0.2, 0.25) is 20.1 Å². The highest BCUT2D eigenvalue weighted by Crippen LogP contribution is 2.63. The molecule has 4 fully saturated rings. The zero-order valence-corrected chi connectivity index (χ0v) is 69.9. The molecule has 0 spiro atoms. The lowest BCUT2D eigenvalue weighted by Crippen LogP contribution is -2.73. The van der Waals surface area contributed by atoms with Crippen LogP contribution in [0.15, 0.2) is 116 Å². The molecule has 4 aromatic carbocycles. The maximum Gasteiger partial charge on any atom is 0.416 e. The highest BCUT2D eigenvalue weighted by Gasteiger charge is 2.73. The molecule has 12 aromatic rings. The topological polar surface area (TPSA) is 346 Å². The third kappa shape index (κ3) is 16.9. The van der Waals surface area contributed by atoms with E-state index >= 15 is 10.2 Å². The Hall–Kier alpha value is -8.85. The van der Waals surface area contributed by atoms with Crippen LogP contribution < -0.4 is 41.7 Å². The summed E-state index contributed by atoms with van der Waals surface area (Å²) in [6.07, 6.45) is 1.24. The van der Waals surface area contributed by atoms with Gasteiger partial charge in [0.1, 0.15) is 52.7 Å². The summed E-state index contributed by atoms with van der Waals surface area (Å²) in [5.41, 5.74) is 8.58. The number of nitrogens with zero attached hydrogens (tertiary/aromatic N) is 22. The number of benzene rings is 4. The number of alkyl halides is 3. The van der Waals surface area contributed by atoms with Gasteiger partial charge in [-0.3, -0.25) is 0 Å². The molecule has 39 heteroatoms. The molecule has 4 aliphatic heterocycles. The summed E-state index contributed by atoms with van der Waals surface area (Å²) in [6.45, 7) is 10.7. The Labute approximate surface area is 703 Å². The second-order valence-electron chi connectivity index (χ2n) is 30.2. The quantitative estimate of drug-likeness (QED) is 0.0309. The number of nitrogens with one attached hydrogen (secondary N) is 2. The molecule has 4 saturated heterocycles. The number of hydrogen-bond donors (Lipinski definition) is 6. The highest BCUT2D eigenvalue weighted by molar-refractivity contribution is 7.10. The Morgan fingerprint density at radius 2 is 0.897 bits per heavy atom. The van der Waals surface area contributed by atoms with Crippen molar-refractivity contribution in [2.45, 2.75) is 139 Å². The lowest BCUT2D eigenvalue weighted by molar-refractivity contribution is -0.187. The van der Waals surface area contributed by atoms with Gasteiger partial charge < -0.3 is 51.9 Å². The van der Waals surface area contributed by atoms with Gasteiger partial charge in [0.2, 0.25) is 32.4 Å². The van der Waals surface area contributed by atoms with Gasteiger partial charge >= 0.3 is 6.18 Å². The van der Waals surface area contributed by atoms with Crippen molar-refractivity contribution >= 4 is 125 Å². The van der Waals surface area contributed by atoms with Crippen LogP contribution in [0, 0.1) is 39.5 Å². The minimum atomic E-state index is -4.68. The van der Waals surface area contributed by atoms with Gasteiger partial charge in [0.05, 0.1) is 46.8 Å². The number of nitrogens with two attached hydrogens (primary N) is 2. The van der Waals surface area contributed by atoms with Gasteiger partial charge in [-0.2, -0.15) is 40.9 Å². The molecule has 8 aromatic heterocycles. The van der Waals surface area contributed by atoms with Crippen LogP contribution in [-0.2, 0) is 41.4 Å². The summed E-state index contributed by atoms with van der Waals surface area (Å²) in [5, 5.41) is 55.6. The highest BCUT2D eigenvalue weighted by atomic mass is 35.5. The second-order valence-corrected chi connectivity index (χ2v) is 34.9. The zero-order valence-electron chi connectivity index (χ0n) is 63.6. The van der Waals surface area contributed by atoms with E-state index in [2.05, 4.69) is 52.7 Å². The maximum atomic E-state index is 17.2. The number of anilines is 6. The molecule has 12 heterocycles. The van der Waals surface area contributed by atoms with Crippen molar-refractivity contribution in [3.8, 4) is 22.5 Å². The fraction of sp³-hybridized carbons (Fsp3) is 0.429. The van der Waals surface area contributed by atoms with Crippen LogP contribution in [0.4, 0.5) is 45.6 Å². The fourth-order valence-corrected chi connectivity index (χ4v) is 20.6. The van der Waals surface area contributed by atoms with Gasteiger partial charge in [0, 0.05) is 148 Å². The van der Waals surface area contributed by atoms with Crippen molar-refractivity contribution in [2.24, 2.45) is 23.3 Å². The summed E-state index contributed by atoms with van der Waals surface area (Å²) in [5.74, 6) is 1.000. The van der Waals surface area contributed by atoms with Crippen LogP contribution >= 0.6 is 92.5 Å². The zero-order chi connectivity index (χ0) is 80.8. The molecule has 0 radical (unpaired) electrons. The Bertz CT molecular complexity index is 5410. The predicted molar refractivity (Wildman–Crippen MR) is 446 cm³/mol. The van der Waals surface area contributed by atoms with Crippen LogP contribution in [0.25, 0.3) is 22.5 Å². The molecular weight excluding hydrogens is 1650 g/mol. The molecule has 16 rings (SSSR count). The maximum absolute atomic E-state index is 17.2. The molecule has 0 amide bonds. The van der Waals surface area contributed by atoms with Crippen LogP contribution in [0.5, 0.6) is 0 Å². The summed E-state index contributed by atoms with van der Waals surface area (Å²) in [7, 11) is 0. The van der Waals surface area contributed by atoms with Gasteiger partial charge in [0.25, 0.3) is 0 Å². The van der Waals surface area contributed by atoms with Gasteiger partial charge in [-0.05, 0) is 175 Å². The average Bonchev–Trinajstić information content (AvgIpc) is 1.12. The van der Waals surface area contributed by atoms with E-state index in [1.54, 1.807) is 70.5 Å². The Morgan fingerprint density at radius 3 is 1.35 bits per heavy atom. The van der Waals surface area contributed by atoms with Crippen LogP contribution in [0.1, 0.15) is 121 Å². The number of piperidine rings is 4. The average molecular weight is 1730 g/mol. The van der Waals surface area contributed by atoms with Gasteiger partial charge in [-0.15, -0.1) is 0 Å². The summed E-state index contributed by atoms with van der Waals surface area (Å²) >= 11 is 32.3. The van der Waals surface area contributed by atoms with E-state index < -0.39 is 58.7 Å².